The molecule has 0 saturated heterocycles. The molecule has 0 amide bonds. The van der Waals surface area contributed by atoms with Crippen molar-refractivity contribution in [3.05, 3.63) is 35.9 Å². The van der Waals surface area contributed by atoms with E-state index >= 15 is 0 Å². The summed E-state index contributed by atoms with van der Waals surface area (Å²) < 4.78 is 0. The Balaban J connectivity index is 2.35. The van der Waals surface area contributed by atoms with E-state index in [1.807, 2.05) is 0 Å². The van der Waals surface area contributed by atoms with Gasteiger partial charge in [0, 0.05) is 12.6 Å². The van der Waals surface area contributed by atoms with E-state index < -0.39 is 0 Å². The summed E-state index contributed by atoms with van der Waals surface area (Å²) in [7, 11) is 0. The van der Waals surface area contributed by atoms with E-state index in [2.05, 4.69) is 61.3 Å². The van der Waals surface area contributed by atoms with Crippen LogP contribution in [-0.2, 0) is 6.54 Å². The van der Waals surface area contributed by atoms with Crippen molar-refractivity contribution < 1.29 is 0 Å². The molecule has 1 N–H and O–H groups in total. The van der Waals surface area contributed by atoms with Gasteiger partial charge in [0.2, 0.25) is 0 Å². The van der Waals surface area contributed by atoms with Crippen molar-refractivity contribution >= 4 is 0 Å². The van der Waals surface area contributed by atoms with Crippen molar-refractivity contribution in [1.82, 2.24) is 10.2 Å². The Kier molecular flexibility index (Phi) is 7.70. The van der Waals surface area contributed by atoms with Gasteiger partial charge >= 0.3 is 0 Å². The van der Waals surface area contributed by atoms with Crippen LogP contribution in [0.25, 0.3) is 0 Å². The van der Waals surface area contributed by atoms with Gasteiger partial charge in [0.05, 0.1) is 0 Å². The average molecular weight is 248 g/mol. The van der Waals surface area contributed by atoms with E-state index in [0.29, 0.717) is 6.04 Å². The SMILES string of the molecule is CCNCCCC(C)N(CC)Cc1ccccc1. The maximum absolute atomic E-state index is 3.39. The van der Waals surface area contributed by atoms with Gasteiger partial charge in [0.15, 0.2) is 0 Å². The van der Waals surface area contributed by atoms with E-state index in [9.17, 15) is 0 Å². The summed E-state index contributed by atoms with van der Waals surface area (Å²) in [4.78, 5) is 2.56. The number of benzene rings is 1. The Morgan fingerprint density at radius 1 is 1.17 bits per heavy atom. The molecule has 2 nitrogen and oxygen atoms in total. The first-order chi connectivity index (χ1) is 8.77. The van der Waals surface area contributed by atoms with Crippen LogP contribution in [0.15, 0.2) is 30.3 Å². The second-order valence-corrected chi connectivity index (χ2v) is 4.89. The fourth-order valence-corrected chi connectivity index (χ4v) is 2.28. The van der Waals surface area contributed by atoms with Gasteiger partial charge in [-0.3, -0.25) is 4.90 Å². The van der Waals surface area contributed by atoms with Crippen LogP contribution < -0.4 is 5.32 Å². The van der Waals surface area contributed by atoms with Crippen LogP contribution in [0.2, 0.25) is 0 Å². The largest absolute Gasteiger partial charge is 0.317 e. The molecule has 2 heteroatoms. The van der Waals surface area contributed by atoms with Gasteiger partial charge in [0.25, 0.3) is 0 Å². The smallest absolute Gasteiger partial charge is 0.0236 e. The first-order valence-electron chi connectivity index (χ1n) is 7.26. The maximum atomic E-state index is 3.39. The van der Waals surface area contributed by atoms with Crippen LogP contribution in [0.3, 0.4) is 0 Å². The zero-order valence-corrected chi connectivity index (χ0v) is 12.2. The maximum Gasteiger partial charge on any atom is 0.0236 e. The number of rotatable bonds is 9. The Hall–Kier alpha value is -0.860. The summed E-state index contributed by atoms with van der Waals surface area (Å²) in [5.41, 5.74) is 1.41. The highest BCUT2D eigenvalue weighted by atomic mass is 15.1. The zero-order valence-electron chi connectivity index (χ0n) is 12.2. The molecular weight excluding hydrogens is 220 g/mol. The molecule has 0 aliphatic heterocycles. The van der Waals surface area contributed by atoms with Crippen LogP contribution in [0, 0.1) is 0 Å². The van der Waals surface area contributed by atoms with E-state index in [0.717, 1.165) is 26.2 Å². The molecular formula is C16H28N2. The monoisotopic (exact) mass is 248 g/mol. The van der Waals surface area contributed by atoms with E-state index in [1.54, 1.807) is 0 Å². The predicted octanol–water partition coefficient (Wildman–Crippen LogP) is 3.29. The van der Waals surface area contributed by atoms with Crippen LogP contribution in [0.1, 0.15) is 39.2 Å². The molecule has 1 rings (SSSR count). The quantitative estimate of drug-likeness (QED) is 0.675. The Morgan fingerprint density at radius 2 is 1.89 bits per heavy atom. The lowest BCUT2D eigenvalue weighted by Gasteiger charge is -2.28. The third kappa shape index (κ3) is 5.65. The summed E-state index contributed by atoms with van der Waals surface area (Å²) >= 11 is 0. The molecule has 0 heterocycles. The topological polar surface area (TPSA) is 15.3 Å². The van der Waals surface area contributed by atoms with Gasteiger partial charge in [-0.05, 0) is 45.0 Å². The molecule has 1 unspecified atom stereocenters. The molecule has 1 aromatic rings. The number of nitrogens with one attached hydrogen (secondary N) is 1. The van der Waals surface area contributed by atoms with Crippen molar-refractivity contribution in [2.45, 2.75) is 46.2 Å². The minimum atomic E-state index is 0.661. The van der Waals surface area contributed by atoms with Gasteiger partial charge in [0.1, 0.15) is 0 Å². The molecule has 0 spiro atoms. The zero-order chi connectivity index (χ0) is 13.2. The van der Waals surface area contributed by atoms with Crippen molar-refractivity contribution in [3.8, 4) is 0 Å². The highest BCUT2D eigenvalue weighted by Crippen LogP contribution is 2.11. The molecule has 0 radical (unpaired) electrons. The average Bonchev–Trinajstić information content (AvgIpc) is 2.42. The van der Waals surface area contributed by atoms with Crippen molar-refractivity contribution in [1.29, 1.82) is 0 Å². The lowest BCUT2D eigenvalue weighted by atomic mass is 10.1. The van der Waals surface area contributed by atoms with Gasteiger partial charge in [-0.2, -0.15) is 0 Å². The molecule has 102 valence electrons. The molecule has 1 atom stereocenters. The summed E-state index contributed by atoms with van der Waals surface area (Å²) in [5, 5.41) is 3.39. The van der Waals surface area contributed by atoms with E-state index in [1.165, 1.54) is 18.4 Å². The molecule has 0 aliphatic rings. The van der Waals surface area contributed by atoms with Crippen LogP contribution in [0.5, 0.6) is 0 Å². The van der Waals surface area contributed by atoms with Gasteiger partial charge in [-0.1, -0.05) is 44.2 Å². The number of hydrogen-bond acceptors (Lipinski definition) is 2. The third-order valence-electron chi connectivity index (χ3n) is 3.48. The minimum Gasteiger partial charge on any atom is -0.317 e. The molecule has 1 aromatic carbocycles. The predicted molar refractivity (Wildman–Crippen MR) is 79.8 cm³/mol. The molecule has 0 aromatic heterocycles. The van der Waals surface area contributed by atoms with Crippen molar-refractivity contribution in [2.24, 2.45) is 0 Å². The van der Waals surface area contributed by atoms with Crippen LogP contribution >= 0.6 is 0 Å². The van der Waals surface area contributed by atoms with Gasteiger partial charge in [-0.15, -0.1) is 0 Å². The standard InChI is InChI=1S/C16H28N2/c1-4-17-13-9-10-15(3)18(5-2)14-16-11-7-6-8-12-16/h6-8,11-12,15,17H,4-5,9-10,13-14H2,1-3H3. The Bertz CT molecular complexity index is 297. The van der Waals surface area contributed by atoms with Crippen LogP contribution in [-0.4, -0.2) is 30.6 Å². The van der Waals surface area contributed by atoms with E-state index in [4.69, 9.17) is 0 Å². The van der Waals surface area contributed by atoms with Gasteiger partial charge < -0.3 is 5.32 Å². The molecule has 0 saturated carbocycles. The van der Waals surface area contributed by atoms with Crippen molar-refractivity contribution in [3.63, 3.8) is 0 Å². The summed E-state index contributed by atoms with van der Waals surface area (Å²) in [5.74, 6) is 0. The number of hydrogen-bond donors (Lipinski definition) is 1. The summed E-state index contributed by atoms with van der Waals surface area (Å²) in [6.07, 6.45) is 2.54. The fourth-order valence-electron chi connectivity index (χ4n) is 2.28. The first-order valence-corrected chi connectivity index (χ1v) is 7.26. The fraction of sp³-hybridized carbons (Fsp3) is 0.625. The van der Waals surface area contributed by atoms with E-state index in [-0.39, 0.29) is 0 Å². The molecule has 18 heavy (non-hydrogen) atoms. The number of nitrogens with zero attached hydrogens (tertiary/aromatic N) is 1. The van der Waals surface area contributed by atoms with Crippen LogP contribution in [0.4, 0.5) is 0 Å². The van der Waals surface area contributed by atoms with Gasteiger partial charge in [-0.25, -0.2) is 0 Å². The lowest BCUT2D eigenvalue weighted by Crippen LogP contribution is -2.33. The summed E-state index contributed by atoms with van der Waals surface area (Å²) in [6, 6.07) is 11.4. The lowest BCUT2D eigenvalue weighted by molar-refractivity contribution is 0.198. The normalized spacial score (nSPS) is 12.9. The Labute approximate surface area is 112 Å². The minimum absolute atomic E-state index is 0.661. The highest BCUT2D eigenvalue weighted by molar-refractivity contribution is 5.14. The Morgan fingerprint density at radius 3 is 2.50 bits per heavy atom. The summed E-state index contributed by atoms with van der Waals surface area (Å²) in [6.45, 7) is 11.2. The molecule has 0 fully saturated rings. The second kappa shape index (κ2) is 9.12. The second-order valence-electron chi connectivity index (χ2n) is 4.89. The molecule has 0 bridgehead atoms. The third-order valence-corrected chi connectivity index (χ3v) is 3.48. The highest BCUT2D eigenvalue weighted by Gasteiger charge is 2.11. The molecule has 0 aliphatic carbocycles. The van der Waals surface area contributed by atoms with Crippen molar-refractivity contribution in [2.75, 3.05) is 19.6 Å². The first kappa shape index (κ1) is 15.2.